The molecule has 2 unspecified atom stereocenters. The molecule has 1 saturated heterocycles. The van der Waals surface area contributed by atoms with E-state index in [1.165, 1.54) is 56.6 Å². The Balaban J connectivity index is 1.65. The summed E-state index contributed by atoms with van der Waals surface area (Å²) in [5.41, 5.74) is 2.68. The third-order valence-corrected chi connectivity index (χ3v) is 5.22. The minimum atomic E-state index is 0.640. The van der Waals surface area contributed by atoms with E-state index in [0.29, 0.717) is 6.04 Å². The summed E-state index contributed by atoms with van der Waals surface area (Å²) in [6.45, 7) is 7.24. The number of rotatable bonds is 3. The van der Waals surface area contributed by atoms with Gasteiger partial charge in [0, 0.05) is 30.5 Å². The van der Waals surface area contributed by atoms with Crippen molar-refractivity contribution in [3.63, 3.8) is 0 Å². The van der Waals surface area contributed by atoms with Crippen LogP contribution in [0, 0.1) is 11.8 Å². The van der Waals surface area contributed by atoms with Crippen LogP contribution in [0.25, 0.3) is 0 Å². The van der Waals surface area contributed by atoms with Gasteiger partial charge in [-0.1, -0.05) is 20.3 Å². The molecule has 0 spiro atoms. The first kappa shape index (κ1) is 13.8. The van der Waals surface area contributed by atoms with Crippen molar-refractivity contribution in [2.75, 3.05) is 23.3 Å². The van der Waals surface area contributed by atoms with Gasteiger partial charge in [0.15, 0.2) is 0 Å². The summed E-state index contributed by atoms with van der Waals surface area (Å²) in [7, 11) is 0. The molecule has 1 aliphatic carbocycles. The van der Waals surface area contributed by atoms with E-state index in [-0.39, 0.29) is 0 Å². The number of hydrogen-bond donors (Lipinski definition) is 1. The highest BCUT2D eigenvalue weighted by Gasteiger charge is 2.27. The van der Waals surface area contributed by atoms with E-state index < -0.39 is 0 Å². The fourth-order valence-electron chi connectivity index (χ4n) is 3.90. The number of nitrogens with zero attached hydrogens (tertiary/aromatic N) is 1. The van der Waals surface area contributed by atoms with Crippen molar-refractivity contribution in [1.82, 2.24) is 0 Å². The zero-order chi connectivity index (χ0) is 13.9. The van der Waals surface area contributed by atoms with Gasteiger partial charge in [-0.3, -0.25) is 0 Å². The van der Waals surface area contributed by atoms with Crippen molar-refractivity contribution in [2.45, 2.75) is 52.0 Å². The standard InChI is InChI=1S/C18H28N2/c1-14-6-5-7-15(2)18(14)19-16-8-10-17(11-9-16)20-12-3-4-13-20/h8-11,14-15,18-19H,3-7,12-13H2,1-2H3. The Bertz CT molecular complexity index is 410. The highest BCUT2D eigenvalue weighted by atomic mass is 15.1. The van der Waals surface area contributed by atoms with E-state index in [9.17, 15) is 0 Å². The second-order valence-corrected chi connectivity index (χ2v) is 6.80. The van der Waals surface area contributed by atoms with Gasteiger partial charge in [-0.05, 0) is 61.8 Å². The highest BCUT2D eigenvalue weighted by molar-refractivity contribution is 5.56. The van der Waals surface area contributed by atoms with Crippen LogP contribution in [0.4, 0.5) is 11.4 Å². The lowest BCUT2D eigenvalue weighted by Crippen LogP contribution is -2.37. The summed E-state index contributed by atoms with van der Waals surface area (Å²) in [6.07, 6.45) is 6.82. The molecule has 1 N–H and O–H groups in total. The Kier molecular flexibility index (Phi) is 4.18. The largest absolute Gasteiger partial charge is 0.382 e. The van der Waals surface area contributed by atoms with Gasteiger partial charge in [0.05, 0.1) is 0 Å². The summed E-state index contributed by atoms with van der Waals surface area (Å²) in [5, 5.41) is 3.78. The summed E-state index contributed by atoms with van der Waals surface area (Å²) in [5.74, 6) is 1.58. The first-order chi connectivity index (χ1) is 9.74. The van der Waals surface area contributed by atoms with Crippen LogP contribution in [0.3, 0.4) is 0 Å². The Morgan fingerprint density at radius 2 is 1.50 bits per heavy atom. The van der Waals surface area contributed by atoms with Crippen LogP contribution in [0.1, 0.15) is 46.0 Å². The molecule has 1 aromatic rings. The first-order valence-corrected chi connectivity index (χ1v) is 8.35. The molecule has 2 fully saturated rings. The predicted molar refractivity (Wildman–Crippen MR) is 87.5 cm³/mol. The lowest BCUT2D eigenvalue weighted by atomic mass is 9.78. The Hall–Kier alpha value is -1.18. The molecule has 1 aliphatic heterocycles. The van der Waals surface area contributed by atoms with Gasteiger partial charge in [0.1, 0.15) is 0 Å². The van der Waals surface area contributed by atoms with Crippen molar-refractivity contribution in [1.29, 1.82) is 0 Å². The van der Waals surface area contributed by atoms with Crippen molar-refractivity contribution >= 4 is 11.4 Å². The van der Waals surface area contributed by atoms with E-state index >= 15 is 0 Å². The van der Waals surface area contributed by atoms with Crippen LogP contribution >= 0.6 is 0 Å². The maximum absolute atomic E-state index is 3.78. The summed E-state index contributed by atoms with van der Waals surface area (Å²) >= 11 is 0. The molecular formula is C18H28N2. The SMILES string of the molecule is CC1CCCC(C)C1Nc1ccc(N2CCCC2)cc1. The van der Waals surface area contributed by atoms with E-state index in [1.807, 2.05) is 0 Å². The van der Waals surface area contributed by atoms with Crippen LogP contribution in [0.15, 0.2) is 24.3 Å². The normalized spacial score (nSPS) is 30.5. The zero-order valence-corrected chi connectivity index (χ0v) is 12.9. The number of hydrogen-bond acceptors (Lipinski definition) is 2. The summed E-state index contributed by atoms with van der Waals surface area (Å²) in [4.78, 5) is 2.50. The fraction of sp³-hybridized carbons (Fsp3) is 0.667. The highest BCUT2D eigenvalue weighted by Crippen LogP contribution is 2.32. The third-order valence-electron chi connectivity index (χ3n) is 5.22. The average Bonchev–Trinajstić information content (AvgIpc) is 2.98. The summed E-state index contributed by atoms with van der Waals surface area (Å²) in [6, 6.07) is 9.74. The first-order valence-electron chi connectivity index (χ1n) is 8.35. The second kappa shape index (κ2) is 6.07. The molecular weight excluding hydrogens is 244 g/mol. The topological polar surface area (TPSA) is 15.3 Å². The van der Waals surface area contributed by atoms with Gasteiger partial charge >= 0.3 is 0 Å². The van der Waals surface area contributed by atoms with E-state index in [2.05, 4.69) is 48.3 Å². The zero-order valence-electron chi connectivity index (χ0n) is 12.9. The van der Waals surface area contributed by atoms with Crippen LogP contribution < -0.4 is 10.2 Å². The molecule has 20 heavy (non-hydrogen) atoms. The quantitative estimate of drug-likeness (QED) is 0.870. The molecule has 2 nitrogen and oxygen atoms in total. The lowest BCUT2D eigenvalue weighted by Gasteiger charge is -2.36. The van der Waals surface area contributed by atoms with E-state index in [0.717, 1.165) is 11.8 Å². The molecule has 110 valence electrons. The molecule has 2 aliphatic rings. The van der Waals surface area contributed by atoms with Crippen LogP contribution in [-0.4, -0.2) is 19.1 Å². The van der Waals surface area contributed by atoms with Crippen LogP contribution in [0.5, 0.6) is 0 Å². The van der Waals surface area contributed by atoms with Gasteiger partial charge < -0.3 is 10.2 Å². The molecule has 0 radical (unpaired) electrons. The van der Waals surface area contributed by atoms with Gasteiger partial charge in [-0.2, -0.15) is 0 Å². The van der Waals surface area contributed by atoms with E-state index in [4.69, 9.17) is 0 Å². The number of nitrogens with one attached hydrogen (secondary N) is 1. The van der Waals surface area contributed by atoms with Crippen molar-refractivity contribution < 1.29 is 0 Å². The van der Waals surface area contributed by atoms with Gasteiger partial charge in [-0.25, -0.2) is 0 Å². The van der Waals surface area contributed by atoms with Gasteiger partial charge in [0.2, 0.25) is 0 Å². The predicted octanol–water partition coefficient (Wildman–Crippen LogP) is 4.52. The third kappa shape index (κ3) is 2.94. The number of anilines is 2. The molecule has 2 atom stereocenters. The minimum absolute atomic E-state index is 0.640. The second-order valence-electron chi connectivity index (χ2n) is 6.80. The van der Waals surface area contributed by atoms with E-state index in [1.54, 1.807) is 0 Å². The Morgan fingerprint density at radius 3 is 2.10 bits per heavy atom. The maximum Gasteiger partial charge on any atom is 0.0367 e. The van der Waals surface area contributed by atoms with Gasteiger partial charge in [-0.15, -0.1) is 0 Å². The maximum atomic E-state index is 3.78. The Morgan fingerprint density at radius 1 is 0.900 bits per heavy atom. The number of benzene rings is 1. The molecule has 1 saturated carbocycles. The molecule has 0 aromatic heterocycles. The van der Waals surface area contributed by atoms with Crippen molar-refractivity contribution in [2.24, 2.45) is 11.8 Å². The molecule has 1 heterocycles. The van der Waals surface area contributed by atoms with Crippen molar-refractivity contribution in [3.8, 4) is 0 Å². The van der Waals surface area contributed by atoms with Crippen LogP contribution in [0.2, 0.25) is 0 Å². The van der Waals surface area contributed by atoms with Gasteiger partial charge in [0.25, 0.3) is 0 Å². The smallest absolute Gasteiger partial charge is 0.0367 e. The molecule has 0 amide bonds. The molecule has 3 rings (SSSR count). The lowest BCUT2D eigenvalue weighted by molar-refractivity contribution is 0.268. The minimum Gasteiger partial charge on any atom is -0.382 e. The fourth-order valence-corrected chi connectivity index (χ4v) is 3.90. The molecule has 0 bridgehead atoms. The van der Waals surface area contributed by atoms with Crippen molar-refractivity contribution in [3.05, 3.63) is 24.3 Å². The molecule has 1 aromatic carbocycles. The Labute approximate surface area is 123 Å². The molecule has 2 heteroatoms. The van der Waals surface area contributed by atoms with Crippen LogP contribution in [-0.2, 0) is 0 Å². The average molecular weight is 272 g/mol. The monoisotopic (exact) mass is 272 g/mol. The summed E-state index contributed by atoms with van der Waals surface area (Å²) < 4.78 is 0.